The number of rotatable bonds is 6. The van der Waals surface area contributed by atoms with E-state index in [2.05, 4.69) is 10.6 Å². The minimum Gasteiger partial charge on any atom is -0.385 e. The van der Waals surface area contributed by atoms with Gasteiger partial charge in [0.15, 0.2) is 0 Å². The first-order valence-electron chi connectivity index (χ1n) is 6.34. The van der Waals surface area contributed by atoms with Crippen molar-refractivity contribution in [1.29, 1.82) is 0 Å². The van der Waals surface area contributed by atoms with Gasteiger partial charge in [-0.25, -0.2) is 8.78 Å². The minimum atomic E-state index is -2.75. The Kier molecular flexibility index (Phi) is 3.87. The van der Waals surface area contributed by atoms with E-state index in [9.17, 15) is 13.6 Å². The molecule has 2 fully saturated rings. The molecular weight excluding hydrogens is 242 g/mol. The third-order valence-corrected chi connectivity index (χ3v) is 3.86. The number of carbonyl (C=O) groups excluding carboxylic acids is 1. The molecule has 1 heterocycles. The van der Waals surface area contributed by atoms with E-state index < -0.39 is 24.9 Å². The number of halogens is 2. The fourth-order valence-corrected chi connectivity index (χ4v) is 2.31. The summed E-state index contributed by atoms with van der Waals surface area (Å²) in [4.78, 5) is 11.7. The Morgan fingerprint density at radius 1 is 1.50 bits per heavy atom. The highest BCUT2D eigenvalue weighted by atomic mass is 19.3. The molecule has 1 saturated heterocycles. The quantitative estimate of drug-likeness (QED) is 0.748. The van der Waals surface area contributed by atoms with Crippen molar-refractivity contribution in [2.45, 2.75) is 37.6 Å². The maximum atomic E-state index is 12.9. The highest BCUT2D eigenvalue weighted by molar-refractivity contribution is 5.82. The van der Waals surface area contributed by atoms with Crippen LogP contribution < -0.4 is 10.6 Å². The molecule has 6 heteroatoms. The van der Waals surface area contributed by atoms with Crippen LogP contribution in [0, 0.1) is 5.41 Å². The highest BCUT2D eigenvalue weighted by Crippen LogP contribution is 2.48. The molecule has 1 aliphatic heterocycles. The average Bonchev–Trinajstić information content (AvgIpc) is 3.01. The molecule has 0 aromatic rings. The summed E-state index contributed by atoms with van der Waals surface area (Å²) in [6.45, 7) is 0.842. The molecule has 4 nitrogen and oxygen atoms in total. The van der Waals surface area contributed by atoms with Crippen molar-refractivity contribution in [3.63, 3.8) is 0 Å². The fourth-order valence-electron chi connectivity index (χ4n) is 2.31. The number of methoxy groups -OCH3 is 1. The van der Waals surface area contributed by atoms with Crippen molar-refractivity contribution in [3.05, 3.63) is 0 Å². The van der Waals surface area contributed by atoms with E-state index >= 15 is 0 Å². The number of hydrogen-bond donors (Lipinski definition) is 2. The molecular formula is C12H20F2N2O2. The van der Waals surface area contributed by atoms with Crippen molar-refractivity contribution in [1.82, 2.24) is 10.6 Å². The van der Waals surface area contributed by atoms with Crippen LogP contribution in [0.15, 0.2) is 0 Å². The molecule has 0 bridgehead atoms. The van der Waals surface area contributed by atoms with Gasteiger partial charge in [-0.2, -0.15) is 0 Å². The van der Waals surface area contributed by atoms with Crippen LogP contribution >= 0.6 is 0 Å². The molecule has 1 unspecified atom stereocenters. The molecule has 0 radical (unpaired) electrons. The normalized spacial score (nSPS) is 28.1. The first-order valence-corrected chi connectivity index (χ1v) is 6.34. The van der Waals surface area contributed by atoms with Crippen LogP contribution in [0.2, 0.25) is 0 Å². The third kappa shape index (κ3) is 3.38. The van der Waals surface area contributed by atoms with Gasteiger partial charge in [0.1, 0.15) is 0 Å². The van der Waals surface area contributed by atoms with E-state index in [-0.39, 0.29) is 11.3 Å². The van der Waals surface area contributed by atoms with Gasteiger partial charge >= 0.3 is 0 Å². The van der Waals surface area contributed by atoms with E-state index in [0.717, 1.165) is 19.3 Å². The molecule has 1 aliphatic carbocycles. The molecule has 1 saturated carbocycles. The smallest absolute Gasteiger partial charge is 0.262 e. The SMILES string of the molecule is COCCC1(CNC(=O)C2CC(F)(F)CN2)CC1. The Morgan fingerprint density at radius 3 is 2.72 bits per heavy atom. The lowest BCUT2D eigenvalue weighted by atomic mass is 10.0. The van der Waals surface area contributed by atoms with Gasteiger partial charge in [-0.15, -0.1) is 0 Å². The summed E-state index contributed by atoms with van der Waals surface area (Å²) < 4.78 is 30.9. The number of carbonyl (C=O) groups is 1. The van der Waals surface area contributed by atoms with Crippen LogP contribution in [0.1, 0.15) is 25.7 Å². The lowest BCUT2D eigenvalue weighted by Crippen LogP contribution is -2.42. The zero-order valence-electron chi connectivity index (χ0n) is 10.6. The Morgan fingerprint density at radius 2 is 2.22 bits per heavy atom. The zero-order valence-corrected chi connectivity index (χ0v) is 10.6. The summed E-state index contributed by atoms with van der Waals surface area (Å²) in [5.74, 6) is -3.06. The molecule has 18 heavy (non-hydrogen) atoms. The first-order chi connectivity index (χ1) is 8.46. The lowest BCUT2D eigenvalue weighted by molar-refractivity contribution is -0.123. The topological polar surface area (TPSA) is 50.4 Å². The Labute approximate surface area is 105 Å². The summed E-state index contributed by atoms with van der Waals surface area (Å²) >= 11 is 0. The average molecular weight is 262 g/mol. The predicted octanol–water partition coefficient (Wildman–Crippen LogP) is 0.916. The van der Waals surface area contributed by atoms with Crippen LogP contribution in [0.3, 0.4) is 0 Å². The summed E-state index contributed by atoms with van der Waals surface area (Å²) in [5.41, 5.74) is 0.146. The van der Waals surface area contributed by atoms with E-state index in [4.69, 9.17) is 4.74 Å². The van der Waals surface area contributed by atoms with Crippen LogP contribution in [0.4, 0.5) is 8.78 Å². The molecule has 2 N–H and O–H groups in total. The molecule has 0 spiro atoms. The number of alkyl halides is 2. The van der Waals surface area contributed by atoms with E-state index in [1.165, 1.54) is 0 Å². The molecule has 0 aromatic heterocycles. The number of amides is 1. The minimum absolute atomic E-state index is 0.146. The monoisotopic (exact) mass is 262 g/mol. The van der Waals surface area contributed by atoms with Gasteiger partial charge in [-0.1, -0.05) is 0 Å². The lowest BCUT2D eigenvalue weighted by Gasteiger charge is -2.17. The summed E-state index contributed by atoms with van der Waals surface area (Å²) in [6, 6.07) is -0.752. The second kappa shape index (κ2) is 5.09. The second-order valence-corrected chi connectivity index (χ2v) is 5.45. The largest absolute Gasteiger partial charge is 0.385 e. The van der Waals surface area contributed by atoms with Crippen LogP contribution in [0.5, 0.6) is 0 Å². The first kappa shape index (κ1) is 13.7. The number of ether oxygens (including phenoxy) is 1. The van der Waals surface area contributed by atoms with E-state index in [1.54, 1.807) is 7.11 Å². The third-order valence-electron chi connectivity index (χ3n) is 3.86. The summed E-state index contributed by atoms with van der Waals surface area (Å²) in [7, 11) is 1.65. The van der Waals surface area contributed by atoms with Crippen molar-refractivity contribution in [2.75, 3.05) is 26.8 Å². The van der Waals surface area contributed by atoms with E-state index in [1.807, 2.05) is 0 Å². The summed E-state index contributed by atoms with van der Waals surface area (Å²) in [6.07, 6.45) is 2.66. The number of hydrogen-bond acceptors (Lipinski definition) is 3. The maximum Gasteiger partial charge on any atom is 0.262 e. The van der Waals surface area contributed by atoms with Gasteiger partial charge in [0.05, 0.1) is 12.6 Å². The van der Waals surface area contributed by atoms with Crippen molar-refractivity contribution < 1.29 is 18.3 Å². The van der Waals surface area contributed by atoms with Gasteiger partial charge in [0.2, 0.25) is 5.91 Å². The van der Waals surface area contributed by atoms with Gasteiger partial charge < -0.3 is 10.1 Å². The summed E-state index contributed by atoms with van der Waals surface area (Å²) in [5, 5.41) is 5.34. The van der Waals surface area contributed by atoms with Gasteiger partial charge in [0, 0.05) is 26.7 Å². The molecule has 0 aromatic carbocycles. The Bertz CT molecular complexity index is 319. The van der Waals surface area contributed by atoms with Crippen molar-refractivity contribution in [2.24, 2.45) is 5.41 Å². The highest BCUT2D eigenvalue weighted by Gasteiger charge is 2.45. The molecule has 2 aliphatic rings. The van der Waals surface area contributed by atoms with Crippen LogP contribution in [-0.2, 0) is 9.53 Å². The van der Waals surface area contributed by atoms with Crippen molar-refractivity contribution in [3.8, 4) is 0 Å². The van der Waals surface area contributed by atoms with Crippen LogP contribution in [-0.4, -0.2) is 44.7 Å². The molecule has 1 amide bonds. The zero-order chi connectivity index (χ0) is 13.2. The van der Waals surface area contributed by atoms with Gasteiger partial charge in [0.25, 0.3) is 5.92 Å². The predicted molar refractivity (Wildman–Crippen MR) is 62.5 cm³/mol. The maximum absolute atomic E-state index is 12.9. The van der Waals surface area contributed by atoms with Gasteiger partial charge in [-0.05, 0) is 24.7 Å². The molecule has 2 rings (SSSR count). The van der Waals surface area contributed by atoms with Crippen molar-refractivity contribution >= 4 is 5.91 Å². The molecule has 1 atom stereocenters. The standard InChI is InChI=1S/C12H20F2N2O2/c1-18-5-4-11(2-3-11)7-16-10(17)9-6-12(13,14)8-15-9/h9,15H,2-8H2,1H3,(H,16,17). The Hall–Kier alpha value is -0.750. The fraction of sp³-hybridized carbons (Fsp3) is 0.917. The Balaban J connectivity index is 1.72. The van der Waals surface area contributed by atoms with Gasteiger partial charge in [-0.3, -0.25) is 10.1 Å². The van der Waals surface area contributed by atoms with E-state index in [0.29, 0.717) is 13.2 Å². The number of nitrogens with one attached hydrogen (secondary N) is 2. The van der Waals surface area contributed by atoms with Crippen LogP contribution in [0.25, 0.3) is 0 Å². The second-order valence-electron chi connectivity index (χ2n) is 5.45. The molecule has 104 valence electrons.